The Kier molecular flexibility index (Phi) is 11.4. The molecule has 5 atom stereocenters. The van der Waals surface area contributed by atoms with Crippen molar-refractivity contribution in [2.45, 2.75) is 50.0 Å². The molecule has 0 radical (unpaired) electrons. The van der Waals surface area contributed by atoms with E-state index in [1.54, 1.807) is 0 Å². The number of carbonyl (C=O) groups excluding carboxylic acids is 3. The minimum absolute atomic E-state index is 0.105. The summed E-state index contributed by atoms with van der Waals surface area (Å²) >= 11 is 3.80. The summed E-state index contributed by atoms with van der Waals surface area (Å²) in [5.41, 5.74) is 5.44. The SMILES string of the molecule is CC(O)C(NC(=O)C(CC(=O)O)NC(=O)C(N)CS)C(=O)NC(CC(=O)O)C(=O)O. The number of aliphatic carboxylic acids is 3. The first-order valence-electron chi connectivity index (χ1n) is 8.42. The van der Waals surface area contributed by atoms with Crippen LogP contribution >= 0.6 is 12.6 Å². The van der Waals surface area contributed by atoms with Gasteiger partial charge in [0.1, 0.15) is 18.1 Å². The Morgan fingerprint density at radius 3 is 1.70 bits per heavy atom. The summed E-state index contributed by atoms with van der Waals surface area (Å²) in [5, 5.41) is 42.3. The largest absolute Gasteiger partial charge is 0.481 e. The molecule has 14 nitrogen and oxygen atoms in total. The van der Waals surface area contributed by atoms with Gasteiger partial charge in [0.15, 0.2) is 0 Å². The fraction of sp³-hybridized carbons (Fsp3) is 0.600. The summed E-state index contributed by atoms with van der Waals surface area (Å²) in [6, 6.07) is -6.46. The molecule has 5 unspecified atom stereocenters. The van der Waals surface area contributed by atoms with E-state index in [1.807, 2.05) is 10.6 Å². The summed E-state index contributed by atoms with van der Waals surface area (Å²) < 4.78 is 0. The fourth-order valence-electron chi connectivity index (χ4n) is 2.04. The van der Waals surface area contributed by atoms with E-state index in [4.69, 9.17) is 21.1 Å². The van der Waals surface area contributed by atoms with Crippen LogP contribution in [0.2, 0.25) is 0 Å². The van der Waals surface area contributed by atoms with Gasteiger partial charge >= 0.3 is 17.9 Å². The second kappa shape index (κ2) is 12.6. The smallest absolute Gasteiger partial charge is 0.326 e. The lowest BCUT2D eigenvalue weighted by Gasteiger charge is -2.25. The average molecular weight is 452 g/mol. The molecule has 0 bridgehead atoms. The van der Waals surface area contributed by atoms with E-state index < -0.39 is 78.7 Å². The third-order valence-electron chi connectivity index (χ3n) is 3.60. The highest BCUT2D eigenvalue weighted by molar-refractivity contribution is 7.80. The second-order valence-corrected chi connectivity index (χ2v) is 6.54. The molecule has 0 aliphatic rings. The Labute approximate surface area is 175 Å². The maximum atomic E-state index is 12.4. The zero-order chi connectivity index (χ0) is 23.6. The number of carbonyl (C=O) groups is 6. The number of aliphatic hydroxyl groups excluding tert-OH is 1. The van der Waals surface area contributed by atoms with Crippen molar-refractivity contribution in [3.05, 3.63) is 0 Å². The molecule has 9 N–H and O–H groups in total. The maximum absolute atomic E-state index is 12.4. The van der Waals surface area contributed by atoms with E-state index >= 15 is 0 Å². The zero-order valence-corrected chi connectivity index (χ0v) is 16.7. The van der Waals surface area contributed by atoms with E-state index in [-0.39, 0.29) is 5.75 Å². The fourth-order valence-corrected chi connectivity index (χ4v) is 2.21. The van der Waals surface area contributed by atoms with Gasteiger partial charge in [-0.25, -0.2) is 4.79 Å². The molecular weight excluding hydrogens is 428 g/mol. The van der Waals surface area contributed by atoms with Gasteiger partial charge in [0.25, 0.3) is 0 Å². The number of aliphatic hydroxyl groups is 1. The van der Waals surface area contributed by atoms with Crippen LogP contribution < -0.4 is 21.7 Å². The molecule has 0 aromatic carbocycles. The first kappa shape index (κ1) is 27.1. The van der Waals surface area contributed by atoms with Gasteiger partial charge in [-0.05, 0) is 6.92 Å². The molecule has 170 valence electrons. The topological polar surface area (TPSA) is 245 Å². The molecule has 0 aliphatic heterocycles. The molecule has 15 heteroatoms. The number of rotatable bonds is 13. The molecule has 0 heterocycles. The molecule has 0 aromatic rings. The first-order chi connectivity index (χ1) is 13.8. The molecule has 0 rings (SSSR count). The van der Waals surface area contributed by atoms with Crippen molar-refractivity contribution >= 4 is 48.3 Å². The summed E-state index contributed by atoms with van der Waals surface area (Å²) in [6.07, 6.45) is -3.45. The van der Waals surface area contributed by atoms with Crippen molar-refractivity contribution in [3.63, 3.8) is 0 Å². The molecule has 0 fully saturated rings. The van der Waals surface area contributed by atoms with Crippen LogP contribution in [0.1, 0.15) is 19.8 Å². The predicted octanol–water partition coefficient (Wildman–Crippen LogP) is -3.89. The van der Waals surface area contributed by atoms with Gasteiger partial charge in [0, 0.05) is 5.75 Å². The van der Waals surface area contributed by atoms with E-state index in [2.05, 4.69) is 17.9 Å². The quantitative estimate of drug-likeness (QED) is 0.122. The van der Waals surface area contributed by atoms with Gasteiger partial charge in [0.2, 0.25) is 17.7 Å². The Morgan fingerprint density at radius 1 is 0.833 bits per heavy atom. The van der Waals surface area contributed by atoms with Gasteiger partial charge in [-0.1, -0.05) is 0 Å². The molecule has 0 saturated heterocycles. The van der Waals surface area contributed by atoms with Crippen LogP contribution in [-0.4, -0.2) is 92.1 Å². The predicted molar refractivity (Wildman–Crippen MR) is 101 cm³/mol. The lowest BCUT2D eigenvalue weighted by atomic mass is 10.1. The Bertz CT molecular complexity index is 686. The standard InChI is InChI=1S/C15H24N4O10S/c1-5(20)11(14(27)18-8(15(28)29)3-10(23)24)19-13(26)7(2-9(21)22)17-12(25)6(16)4-30/h5-8,11,20,30H,2-4,16H2,1H3,(H,17,25)(H,18,27)(H,19,26)(H,21,22)(H,23,24)(H,28,29). The van der Waals surface area contributed by atoms with Gasteiger partial charge in [-0.3, -0.25) is 24.0 Å². The van der Waals surface area contributed by atoms with Crippen molar-refractivity contribution in [2.24, 2.45) is 5.73 Å². The van der Waals surface area contributed by atoms with Gasteiger partial charge in [-0.2, -0.15) is 12.6 Å². The van der Waals surface area contributed by atoms with E-state index in [0.717, 1.165) is 6.92 Å². The van der Waals surface area contributed by atoms with E-state index in [0.29, 0.717) is 0 Å². The molecule has 30 heavy (non-hydrogen) atoms. The highest BCUT2D eigenvalue weighted by Gasteiger charge is 2.34. The van der Waals surface area contributed by atoms with E-state index in [1.165, 1.54) is 0 Å². The van der Waals surface area contributed by atoms with Gasteiger partial charge in [0.05, 0.1) is 25.0 Å². The van der Waals surface area contributed by atoms with Crippen molar-refractivity contribution < 1.29 is 49.2 Å². The molecule has 0 spiro atoms. The molecule has 0 aliphatic carbocycles. The third-order valence-corrected chi connectivity index (χ3v) is 3.99. The highest BCUT2D eigenvalue weighted by Crippen LogP contribution is 2.02. The average Bonchev–Trinajstić information content (AvgIpc) is 2.62. The third kappa shape index (κ3) is 9.53. The van der Waals surface area contributed by atoms with Crippen LogP contribution in [0.4, 0.5) is 0 Å². The number of thiol groups is 1. The first-order valence-corrected chi connectivity index (χ1v) is 9.05. The maximum Gasteiger partial charge on any atom is 0.326 e. The van der Waals surface area contributed by atoms with Crippen molar-refractivity contribution in [1.82, 2.24) is 16.0 Å². The molecule has 3 amide bonds. The van der Waals surface area contributed by atoms with Crippen molar-refractivity contribution in [3.8, 4) is 0 Å². The Morgan fingerprint density at radius 2 is 1.30 bits per heavy atom. The van der Waals surface area contributed by atoms with Crippen LogP contribution in [0.15, 0.2) is 0 Å². The van der Waals surface area contributed by atoms with Crippen LogP contribution in [0.5, 0.6) is 0 Å². The Balaban J connectivity index is 5.42. The minimum atomic E-state index is -1.85. The summed E-state index contributed by atoms with van der Waals surface area (Å²) in [4.78, 5) is 69.3. The van der Waals surface area contributed by atoms with Crippen molar-refractivity contribution in [1.29, 1.82) is 0 Å². The number of carboxylic acids is 3. The van der Waals surface area contributed by atoms with Gasteiger partial charge in [-0.15, -0.1) is 0 Å². The van der Waals surface area contributed by atoms with Crippen LogP contribution in [0.3, 0.4) is 0 Å². The summed E-state index contributed by atoms with van der Waals surface area (Å²) in [7, 11) is 0. The highest BCUT2D eigenvalue weighted by atomic mass is 32.1. The van der Waals surface area contributed by atoms with Crippen LogP contribution in [-0.2, 0) is 28.8 Å². The number of hydrogen-bond acceptors (Lipinski definition) is 9. The number of carboxylic acid groups (broad SMARTS) is 3. The van der Waals surface area contributed by atoms with Crippen LogP contribution in [0.25, 0.3) is 0 Å². The molecule has 0 aromatic heterocycles. The second-order valence-electron chi connectivity index (χ2n) is 6.17. The normalized spacial score (nSPS) is 15.6. The Hall–Kier alpha value is -2.91. The minimum Gasteiger partial charge on any atom is -0.481 e. The van der Waals surface area contributed by atoms with E-state index in [9.17, 15) is 33.9 Å². The number of nitrogens with one attached hydrogen (secondary N) is 3. The number of amides is 3. The summed E-state index contributed by atoms with van der Waals surface area (Å²) in [6.45, 7) is 1.07. The zero-order valence-electron chi connectivity index (χ0n) is 15.8. The number of hydrogen-bond donors (Lipinski definition) is 9. The monoisotopic (exact) mass is 452 g/mol. The lowest BCUT2D eigenvalue weighted by molar-refractivity contribution is -0.148. The molecule has 0 saturated carbocycles. The summed E-state index contributed by atoms with van der Waals surface area (Å²) in [5.74, 6) is -8.07. The van der Waals surface area contributed by atoms with Crippen LogP contribution in [0, 0.1) is 0 Å². The molecular formula is C15H24N4O10S. The number of nitrogens with two attached hydrogens (primary N) is 1. The van der Waals surface area contributed by atoms with Crippen molar-refractivity contribution in [2.75, 3.05) is 5.75 Å². The van der Waals surface area contributed by atoms with Gasteiger partial charge < -0.3 is 42.1 Å². The lowest BCUT2D eigenvalue weighted by Crippen LogP contribution is -2.60.